The van der Waals surface area contributed by atoms with E-state index in [9.17, 15) is 4.79 Å². The van der Waals surface area contributed by atoms with Gasteiger partial charge in [0.05, 0.1) is 7.11 Å². The predicted molar refractivity (Wildman–Crippen MR) is 123 cm³/mol. The minimum absolute atomic E-state index is 0.128. The fourth-order valence-corrected chi connectivity index (χ4v) is 4.36. The van der Waals surface area contributed by atoms with Gasteiger partial charge >= 0.3 is 0 Å². The van der Waals surface area contributed by atoms with E-state index in [1.54, 1.807) is 14.0 Å². The van der Waals surface area contributed by atoms with Gasteiger partial charge in [-0.05, 0) is 37.5 Å². The van der Waals surface area contributed by atoms with Crippen molar-refractivity contribution in [3.63, 3.8) is 0 Å². The van der Waals surface area contributed by atoms with E-state index in [1.165, 1.54) is 0 Å². The normalized spacial score (nSPS) is 18.8. The molecule has 0 saturated carbocycles. The van der Waals surface area contributed by atoms with Crippen molar-refractivity contribution in [1.29, 1.82) is 0 Å². The average Bonchev–Trinajstić information content (AvgIpc) is 3.09. The zero-order valence-corrected chi connectivity index (χ0v) is 18.4. The Morgan fingerprint density at radius 1 is 1.22 bits per heavy atom. The highest BCUT2D eigenvalue weighted by Crippen LogP contribution is 2.31. The Morgan fingerprint density at radius 2 is 2.06 bits per heavy atom. The van der Waals surface area contributed by atoms with Gasteiger partial charge in [0.1, 0.15) is 11.4 Å². The summed E-state index contributed by atoms with van der Waals surface area (Å²) in [7, 11) is 1.63. The molecule has 5 heterocycles. The standard InChI is InChI=1S/C23H27N7O2/c1-16(31)28-12-7-18(8-13-28)25-23-26-22(32-2)21-19(9-14-30(21)27-23)17-5-6-20-24-10-3-4-11-29(20)15-17/h3,5-6,9-10,14-15,18H,4,7-8,11-13H2,1-2H3,(H,25,27). The van der Waals surface area contributed by atoms with Gasteiger partial charge in [-0.3, -0.25) is 4.79 Å². The summed E-state index contributed by atoms with van der Waals surface area (Å²) in [5.74, 6) is 2.12. The van der Waals surface area contributed by atoms with Gasteiger partial charge in [-0.1, -0.05) is 6.08 Å². The molecule has 3 aliphatic heterocycles. The first-order valence-electron chi connectivity index (χ1n) is 11.0. The fraction of sp³-hybridized carbons (Fsp3) is 0.391. The molecule has 1 saturated heterocycles. The van der Waals surface area contributed by atoms with Crippen LogP contribution in [0.5, 0.6) is 5.88 Å². The molecule has 9 heteroatoms. The third kappa shape index (κ3) is 3.86. The number of aromatic nitrogens is 3. The lowest BCUT2D eigenvalue weighted by molar-refractivity contribution is -0.129. The quantitative estimate of drug-likeness (QED) is 0.798. The lowest BCUT2D eigenvalue weighted by Gasteiger charge is -2.31. The molecule has 1 amide bonds. The summed E-state index contributed by atoms with van der Waals surface area (Å²) in [4.78, 5) is 24.7. The molecule has 0 aliphatic carbocycles. The van der Waals surface area contributed by atoms with Crippen molar-refractivity contribution in [2.45, 2.75) is 32.2 Å². The maximum absolute atomic E-state index is 11.6. The molecule has 5 rings (SSSR count). The van der Waals surface area contributed by atoms with Crippen LogP contribution in [0.2, 0.25) is 0 Å². The smallest absolute Gasteiger partial charge is 0.244 e. The largest absolute Gasteiger partial charge is 0.479 e. The number of aliphatic imine (C=N–C) groups is 1. The number of methoxy groups -OCH3 is 1. The van der Waals surface area contributed by atoms with E-state index in [2.05, 4.69) is 43.6 Å². The van der Waals surface area contributed by atoms with Crippen LogP contribution in [0.15, 0.2) is 47.9 Å². The summed E-state index contributed by atoms with van der Waals surface area (Å²) < 4.78 is 7.47. The number of allylic oxidation sites excluding steroid dienone is 2. The average molecular weight is 434 g/mol. The van der Waals surface area contributed by atoms with Crippen LogP contribution in [0.4, 0.5) is 5.95 Å². The van der Waals surface area contributed by atoms with Crippen LogP contribution in [-0.2, 0) is 4.79 Å². The number of fused-ring (bicyclic) bond motifs is 2. The van der Waals surface area contributed by atoms with Gasteiger partial charge in [0.25, 0.3) is 0 Å². The monoisotopic (exact) mass is 433 g/mol. The van der Waals surface area contributed by atoms with Crippen molar-refractivity contribution >= 4 is 28.8 Å². The number of likely N-dealkylation sites (tertiary alicyclic amines) is 1. The molecular weight excluding hydrogens is 406 g/mol. The molecule has 2 aromatic rings. The predicted octanol–water partition coefficient (Wildman–Crippen LogP) is 2.69. The van der Waals surface area contributed by atoms with Crippen LogP contribution in [0.25, 0.3) is 11.1 Å². The van der Waals surface area contributed by atoms with Crippen LogP contribution in [0.3, 0.4) is 0 Å². The Kier molecular flexibility index (Phi) is 5.38. The summed E-state index contributed by atoms with van der Waals surface area (Å²) in [5.41, 5.74) is 2.90. The SMILES string of the molecule is COc1nc(NC2CCN(C(C)=O)CC2)nn2ccc(C3=CN4CCC=CN=C4C=C3)c12. The molecule has 0 unspecified atom stereocenters. The number of carbonyl (C=O) groups excluding carboxylic acids is 1. The highest BCUT2D eigenvalue weighted by atomic mass is 16.5. The van der Waals surface area contributed by atoms with Gasteiger partial charge in [-0.2, -0.15) is 4.98 Å². The van der Waals surface area contributed by atoms with E-state index < -0.39 is 0 Å². The van der Waals surface area contributed by atoms with Crippen LogP contribution in [0, 0.1) is 0 Å². The highest BCUT2D eigenvalue weighted by molar-refractivity contribution is 6.01. The molecule has 0 radical (unpaired) electrons. The highest BCUT2D eigenvalue weighted by Gasteiger charge is 2.23. The van der Waals surface area contributed by atoms with Gasteiger partial charge < -0.3 is 19.9 Å². The van der Waals surface area contributed by atoms with Crippen molar-refractivity contribution in [2.75, 3.05) is 32.1 Å². The Hall–Kier alpha value is -3.62. The Balaban J connectivity index is 1.40. The Morgan fingerprint density at radius 3 is 2.84 bits per heavy atom. The number of ether oxygens (including phenoxy) is 1. The lowest BCUT2D eigenvalue weighted by Crippen LogP contribution is -2.41. The first-order valence-corrected chi connectivity index (χ1v) is 11.0. The summed E-state index contributed by atoms with van der Waals surface area (Å²) in [5, 5.41) is 8.10. The molecule has 1 N–H and O–H groups in total. The van der Waals surface area contributed by atoms with Crippen molar-refractivity contribution in [2.24, 2.45) is 4.99 Å². The summed E-state index contributed by atoms with van der Waals surface area (Å²) in [6.45, 7) is 4.00. The molecule has 0 aromatic carbocycles. The minimum atomic E-state index is 0.128. The number of hydrogen-bond acceptors (Lipinski definition) is 7. The maximum Gasteiger partial charge on any atom is 0.244 e. The van der Waals surface area contributed by atoms with Crippen molar-refractivity contribution < 1.29 is 9.53 Å². The number of anilines is 1. The number of carbonyl (C=O) groups is 1. The molecule has 9 nitrogen and oxygen atoms in total. The molecule has 1 fully saturated rings. The zero-order chi connectivity index (χ0) is 22.1. The van der Waals surface area contributed by atoms with E-state index in [4.69, 9.17) is 4.74 Å². The van der Waals surface area contributed by atoms with E-state index in [0.717, 1.165) is 61.4 Å². The van der Waals surface area contributed by atoms with Crippen LogP contribution >= 0.6 is 0 Å². The van der Waals surface area contributed by atoms with Gasteiger partial charge in [-0.15, -0.1) is 5.10 Å². The van der Waals surface area contributed by atoms with E-state index in [-0.39, 0.29) is 11.9 Å². The number of nitrogens with zero attached hydrogens (tertiary/aromatic N) is 6. The van der Waals surface area contributed by atoms with E-state index in [0.29, 0.717) is 11.8 Å². The number of amidine groups is 1. The first-order chi connectivity index (χ1) is 15.6. The van der Waals surface area contributed by atoms with Gasteiger partial charge in [-0.25, -0.2) is 9.51 Å². The third-order valence-corrected chi connectivity index (χ3v) is 6.11. The number of rotatable bonds is 4. The third-order valence-electron chi connectivity index (χ3n) is 6.11. The number of amides is 1. The molecule has 2 aromatic heterocycles. The Labute approximate surface area is 186 Å². The molecule has 0 spiro atoms. The van der Waals surface area contributed by atoms with Gasteiger partial charge in [0.15, 0.2) is 0 Å². The van der Waals surface area contributed by atoms with Crippen LogP contribution in [-0.4, -0.2) is 68.9 Å². The van der Waals surface area contributed by atoms with E-state index >= 15 is 0 Å². The second kappa shape index (κ2) is 8.49. The van der Waals surface area contributed by atoms with Crippen molar-refractivity contribution in [3.8, 4) is 5.88 Å². The topological polar surface area (TPSA) is 87.4 Å². The van der Waals surface area contributed by atoms with Gasteiger partial charge in [0, 0.05) is 62.3 Å². The summed E-state index contributed by atoms with van der Waals surface area (Å²) in [6.07, 6.45) is 14.8. The number of hydrogen-bond donors (Lipinski definition) is 1. The van der Waals surface area contributed by atoms with E-state index in [1.807, 2.05) is 34.0 Å². The van der Waals surface area contributed by atoms with Crippen molar-refractivity contribution in [3.05, 3.63) is 48.5 Å². The summed E-state index contributed by atoms with van der Waals surface area (Å²) >= 11 is 0. The zero-order valence-electron chi connectivity index (χ0n) is 18.4. The molecular formula is C23H27N7O2. The Bertz CT molecular complexity index is 1150. The fourth-order valence-electron chi connectivity index (χ4n) is 4.36. The molecule has 3 aliphatic rings. The second-order valence-corrected chi connectivity index (χ2v) is 8.16. The molecule has 0 atom stereocenters. The lowest BCUT2D eigenvalue weighted by atomic mass is 10.1. The van der Waals surface area contributed by atoms with Crippen molar-refractivity contribution in [1.82, 2.24) is 24.4 Å². The maximum atomic E-state index is 11.6. The molecule has 0 bridgehead atoms. The second-order valence-electron chi connectivity index (χ2n) is 8.16. The van der Waals surface area contributed by atoms with Gasteiger partial charge in [0.2, 0.25) is 17.7 Å². The minimum Gasteiger partial charge on any atom is -0.479 e. The van der Waals surface area contributed by atoms with Crippen LogP contribution < -0.4 is 10.1 Å². The van der Waals surface area contributed by atoms with Crippen LogP contribution in [0.1, 0.15) is 31.7 Å². The number of piperidine rings is 1. The number of nitrogens with one attached hydrogen (secondary N) is 1. The molecule has 32 heavy (non-hydrogen) atoms. The summed E-state index contributed by atoms with van der Waals surface area (Å²) in [6, 6.07) is 2.26. The first kappa shape index (κ1) is 20.3. The molecule has 166 valence electrons.